The molecule has 0 aliphatic carbocycles. The molecule has 15 heavy (non-hydrogen) atoms. The van der Waals surface area contributed by atoms with Crippen LogP contribution in [0.3, 0.4) is 0 Å². The van der Waals surface area contributed by atoms with Crippen LogP contribution in [0.15, 0.2) is 0 Å². The van der Waals surface area contributed by atoms with Crippen molar-refractivity contribution in [3.63, 3.8) is 0 Å². The van der Waals surface area contributed by atoms with Gasteiger partial charge < -0.3 is 10.0 Å². The van der Waals surface area contributed by atoms with Crippen LogP contribution in [-0.2, 0) is 0 Å². The molecule has 1 N–H and O–H groups in total. The Morgan fingerprint density at radius 3 is 2.20 bits per heavy atom. The van der Waals surface area contributed by atoms with E-state index >= 15 is 0 Å². The molecule has 0 aromatic carbocycles. The lowest BCUT2D eigenvalue weighted by atomic mass is 9.87. The van der Waals surface area contributed by atoms with Crippen molar-refractivity contribution < 1.29 is 5.11 Å². The zero-order valence-corrected chi connectivity index (χ0v) is 11.4. The molecule has 92 valence electrons. The van der Waals surface area contributed by atoms with Gasteiger partial charge in [-0.05, 0) is 24.8 Å². The first-order valence-electron chi connectivity index (χ1n) is 6.14. The quantitative estimate of drug-likeness (QED) is 0.736. The van der Waals surface area contributed by atoms with Crippen LogP contribution in [0.4, 0.5) is 0 Å². The fourth-order valence-corrected chi connectivity index (χ4v) is 1.53. The van der Waals surface area contributed by atoms with Gasteiger partial charge in [-0.2, -0.15) is 0 Å². The first-order chi connectivity index (χ1) is 6.77. The Hall–Kier alpha value is -0.0800. The molecule has 0 radical (unpaired) electrons. The molecular formula is C13H29NO. The Morgan fingerprint density at radius 1 is 1.27 bits per heavy atom. The van der Waals surface area contributed by atoms with Gasteiger partial charge in [-0.25, -0.2) is 0 Å². The smallest absolute Gasteiger partial charge is 0.0600 e. The summed E-state index contributed by atoms with van der Waals surface area (Å²) in [6, 6.07) is 0. The van der Waals surface area contributed by atoms with Crippen LogP contribution in [0.5, 0.6) is 0 Å². The van der Waals surface area contributed by atoms with E-state index in [4.69, 9.17) is 0 Å². The number of hydrogen-bond acceptors (Lipinski definition) is 2. The molecule has 0 fully saturated rings. The van der Waals surface area contributed by atoms with Gasteiger partial charge in [-0.15, -0.1) is 0 Å². The van der Waals surface area contributed by atoms with Crippen molar-refractivity contribution in [3.8, 4) is 0 Å². The van der Waals surface area contributed by atoms with E-state index in [2.05, 4.69) is 46.6 Å². The lowest BCUT2D eigenvalue weighted by Gasteiger charge is -2.28. The fourth-order valence-electron chi connectivity index (χ4n) is 1.53. The van der Waals surface area contributed by atoms with Crippen LogP contribution < -0.4 is 0 Å². The van der Waals surface area contributed by atoms with E-state index in [1.807, 2.05) is 0 Å². The minimum absolute atomic E-state index is 0.0111. The highest BCUT2D eigenvalue weighted by Crippen LogP contribution is 2.21. The van der Waals surface area contributed by atoms with Crippen molar-refractivity contribution in [2.75, 3.05) is 20.1 Å². The van der Waals surface area contributed by atoms with Crippen molar-refractivity contribution >= 4 is 0 Å². The number of aliphatic hydroxyl groups excluding tert-OH is 1. The van der Waals surface area contributed by atoms with Crippen molar-refractivity contribution in [2.45, 2.75) is 53.6 Å². The molecule has 0 spiro atoms. The predicted octanol–water partition coefficient (Wildman–Crippen LogP) is 2.76. The van der Waals surface area contributed by atoms with Crippen molar-refractivity contribution in [1.29, 1.82) is 0 Å². The Bertz CT molecular complexity index is 162. The zero-order chi connectivity index (χ0) is 12.1. The molecule has 2 heteroatoms. The summed E-state index contributed by atoms with van der Waals surface area (Å²) in [6.45, 7) is 12.9. The molecule has 2 nitrogen and oxygen atoms in total. The second kappa shape index (κ2) is 6.49. The van der Waals surface area contributed by atoms with E-state index in [0.29, 0.717) is 0 Å². The van der Waals surface area contributed by atoms with Crippen LogP contribution in [-0.4, -0.2) is 36.2 Å². The highest BCUT2D eigenvalue weighted by molar-refractivity contribution is 4.73. The summed E-state index contributed by atoms with van der Waals surface area (Å²) in [6.07, 6.45) is 1.90. The fraction of sp³-hybridized carbons (Fsp3) is 1.00. The van der Waals surface area contributed by atoms with Crippen LogP contribution in [0.25, 0.3) is 0 Å². The maximum atomic E-state index is 9.90. The van der Waals surface area contributed by atoms with Gasteiger partial charge in [0.15, 0.2) is 0 Å². The SMILES string of the molecule is CCC(C)CN(C)CCC(O)C(C)(C)C. The lowest BCUT2D eigenvalue weighted by molar-refractivity contribution is 0.0468. The van der Waals surface area contributed by atoms with Gasteiger partial charge in [0, 0.05) is 13.1 Å². The molecular weight excluding hydrogens is 186 g/mol. The molecule has 0 aliphatic rings. The van der Waals surface area contributed by atoms with Crippen LogP contribution in [0, 0.1) is 11.3 Å². The second-order valence-electron chi connectivity index (χ2n) is 5.95. The molecule has 0 heterocycles. The second-order valence-corrected chi connectivity index (χ2v) is 5.95. The van der Waals surface area contributed by atoms with E-state index in [0.717, 1.165) is 25.4 Å². The first kappa shape index (κ1) is 14.9. The highest BCUT2D eigenvalue weighted by atomic mass is 16.3. The van der Waals surface area contributed by atoms with Crippen molar-refractivity contribution in [2.24, 2.45) is 11.3 Å². The standard InChI is InChI=1S/C13H29NO/c1-7-11(2)10-14(6)9-8-12(15)13(3,4)5/h11-12,15H,7-10H2,1-6H3. The molecule has 0 saturated carbocycles. The third-order valence-corrected chi connectivity index (χ3v) is 3.10. The molecule has 0 saturated heterocycles. The van der Waals surface area contributed by atoms with Gasteiger partial charge in [-0.3, -0.25) is 0 Å². The third kappa shape index (κ3) is 6.91. The number of rotatable bonds is 6. The molecule has 0 amide bonds. The summed E-state index contributed by atoms with van der Waals surface area (Å²) < 4.78 is 0. The van der Waals surface area contributed by atoms with E-state index in [-0.39, 0.29) is 11.5 Å². The predicted molar refractivity (Wildman–Crippen MR) is 67.0 cm³/mol. The van der Waals surface area contributed by atoms with Gasteiger partial charge >= 0.3 is 0 Å². The molecule has 0 rings (SSSR count). The summed E-state index contributed by atoms with van der Waals surface area (Å²) >= 11 is 0. The zero-order valence-electron chi connectivity index (χ0n) is 11.4. The Morgan fingerprint density at radius 2 is 1.80 bits per heavy atom. The van der Waals surface area contributed by atoms with E-state index in [1.165, 1.54) is 6.42 Å². The summed E-state index contributed by atoms with van der Waals surface area (Å²) in [4.78, 5) is 2.32. The number of nitrogens with zero attached hydrogens (tertiary/aromatic N) is 1. The highest BCUT2D eigenvalue weighted by Gasteiger charge is 2.21. The monoisotopic (exact) mass is 215 g/mol. The van der Waals surface area contributed by atoms with Gasteiger partial charge in [0.25, 0.3) is 0 Å². The summed E-state index contributed by atoms with van der Waals surface area (Å²) in [5.74, 6) is 0.752. The van der Waals surface area contributed by atoms with Gasteiger partial charge in [0.1, 0.15) is 0 Å². The minimum atomic E-state index is -0.197. The van der Waals surface area contributed by atoms with Crippen LogP contribution >= 0.6 is 0 Å². The third-order valence-electron chi connectivity index (χ3n) is 3.10. The molecule has 2 atom stereocenters. The molecule has 0 aliphatic heterocycles. The Balaban J connectivity index is 3.76. The Labute approximate surface area is 95.7 Å². The minimum Gasteiger partial charge on any atom is -0.393 e. The lowest BCUT2D eigenvalue weighted by Crippen LogP contribution is -2.32. The Kier molecular flexibility index (Phi) is 6.46. The topological polar surface area (TPSA) is 23.5 Å². The van der Waals surface area contributed by atoms with E-state index in [1.54, 1.807) is 0 Å². The average molecular weight is 215 g/mol. The molecule has 2 unspecified atom stereocenters. The van der Waals surface area contributed by atoms with E-state index < -0.39 is 0 Å². The van der Waals surface area contributed by atoms with E-state index in [9.17, 15) is 5.11 Å². The summed E-state index contributed by atoms with van der Waals surface area (Å²) in [5.41, 5.74) is 0.0111. The van der Waals surface area contributed by atoms with Crippen molar-refractivity contribution in [1.82, 2.24) is 4.90 Å². The van der Waals surface area contributed by atoms with Crippen LogP contribution in [0.1, 0.15) is 47.5 Å². The summed E-state index contributed by atoms with van der Waals surface area (Å²) in [7, 11) is 2.14. The maximum Gasteiger partial charge on any atom is 0.0600 e. The van der Waals surface area contributed by atoms with Crippen LogP contribution in [0.2, 0.25) is 0 Å². The number of hydrogen-bond donors (Lipinski definition) is 1. The molecule has 0 aromatic heterocycles. The van der Waals surface area contributed by atoms with Crippen molar-refractivity contribution in [3.05, 3.63) is 0 Å². The first-order valence-corrected chi connectivity index (χ1v) is 6.14. The largest absolute Gasteiger partial charge is 0.393 e. The number of aliphatic hydroxyl groups is 1. The molecule has 0 aromatic rings. The van der Waals surface area contributed by atoms with Gasteiger partial charge in [0.2, 0.25) is 0 Å². The van der Waals surface area contributed by atoms with Gasteiger partial charge in [-0.1, -0.05) is 41.0 Å². The maximum absolute atomic E-state index is 9.90. The normalized spacial score (nSPS) is 16.8. The van der Waals surface area contributed by atoms with Gasteiger partial charge in [0.05, 0.1) is 6.10 Å². The summed E-state index contributed by atoms with van der Waals surface area (Å²) in [5, 5.41) is 9.90. The molecule has 0 bridgehead atoms. The average Bonchev–Trinajstić information content (AvgIpc) is 2.12.